The fourth-order valence-corrected chi connectivity index (χ4v) is 4.03. The Kier molecular flexibility index (Phi) is 6.00. The first-order chi connectivity index (χ1) is 17.4. The Morgan fingerprint density at radius 3 is 2.50 bits per heavy atom. The number of anilines is 3. The van der Waals surface area contributed by atoms with Crippen LogP contribution in [0.25, 0.3) is 11.1 Å². The molecule has 5 rings (SSSR count). The van der Waals surface area contributed by atoms with Crippen LogP contribution >= 0.6 is 0 Å². The molecule has 0 aliphatic carbocycles. The smallest absolute Gasteiger partial charge is 0.257 e. The molecule has 0 saturated heterocycles. The molecular weight excluding hydrogens is 461 g/mol. The summed E-state index contributed by atoms with van der Waals surface area (Å²) in [5, 5.41) is 18.7. The van der Waals surface area contributed by atoms with Crippen molar-refractivity contribution in [2.45, 2.75) is 6.54 Å². The van der Waals surface area contributed by atoms with Crippen molar-refractivity contribution in [3.63, 3.8) is 0 Å². The molecule has 4 N–H and O–H groups in total. The predicted molar refractivity (Wildman–Crippen MR) is 135 cm³/mol. The SMILES string of the molecule is COc1cc(-c2ccc3c(c2)Nc2ccc(C(=O)NCc4ccccc4F)cc2NC3=O)ccc1O. The fourth-order valence-electron chi connectivity index (χ4n) is 4.03. The third kappa shape index (κ3) is 4.44. The molecule has 0 radical (unpaired) electrons. The molecule has 7 nitrogen and oxygen atoms in total. The minimum absolute atomic E-state index is 0.0381. The number of halogens is 1. The highest BCUT2D eigenvalue weighted by atomic mass is 19.1. The number of nitrogens with one attached hydrogen (secondary N) is 3. The summed E-state index contributed by atoms with van der Waals surface area (Å²) in [6.45, 7) is 0.0451. The Morgan fingerprint density at radius 2 is 1.69 bits per heavy atom. The van der Waals surface area contributed by atoms with Crippen molar-refractivity contribution < 1.29 is 23.8 Å². The zero-order valence-corrected chi connectivity index (χ0v) is 19.3. The molecule has 36 heavy (non-hydrogen) atoms. The first-order valence-electron chi connectivity index (χ1n) is 11.2. The van der Waals surface area contributed by atoms with Gasteiger partial charge in [-0.15, -0.1) is 0 Å². The number of fused-ring (bicyclic) bond motifs is 2. The molecular formula is C28H22FN3O4. The monoisotopic (exact) mass is 483 g/mol. The van der Waals surface area contributed by atoms with Crippen molar-refractivity contribution in [2.75, 3.05) is 17.7 Å². The molecule has 180 valence electrons. The van der Waals surface area contributed by atoms with E-state index in [-0.39, 0.29) is 29.9 Å². The van der Waals surface area contributed by atoms with Crippen LogP contribution < -0.4 is 20.7 Å². The average Bonchev–Trinajstić information content (AvgIpc) is 3.03. The highest BCUT2D eigenvalue weighted by Crippen LogP contribution is 2.37. The lowest BCUT2D eigenvalue weighted by Gasteiger charge is -2.12. The molecule has 0 saturated carbocycles. The fraction of sp³-hybridized carbons (Fsp3) is 0.0714. The second-order valence-electron chi connectivity index (χ2n) is 8.26. The summed E-state index contributed by atoms with van der Waals surface area (Å²) in [6.07, 6.45) is 0. The van der Waals surface area contributed by atoms with E-state index in [1.54, 1.807) is 60.7 Å². The molecule has 0 bridgehead atoms. The van der Waals surface area contributed by atoms with Crippen molar-refractivity contribution in [1.29, 1.82) is 0 Å². The van der Waals surface area contributed by atoms with E-state index in [2.05, 4.69) is 16.0 Å². The first-order valence-corrected chi connectivity index (χ1v) is 11.2. The number of carbonyl (C=O) groups is 2. The van der Waals surface area contributed by atoms with Gasteiger partial charge in [-0.1, -0.05) is 30.3 Å². The topological polar surface area (TPSA) is 99.7 Å². The number of rotatable bonds is 5. The van der Waals surface area contributed by atoms with Gasteiger partial charge in [-0.2, -0.15) is 0 Å². The van der Waals surface area contributed by atoms with E-state index in [0.717, 1.165) is 11.1 Å². The summed E-state index contributed by atoms with van der Waals surface area (Å²) < 4.78 is 19.1. The lowest BCUT2D eigenvalue weighted by molar-refractivity contribution is 0.0949. The standard InChI is InChI=1S/C28H22FN3O4/c1-36-26-14-17(8-11-25(26)33)16-6-9-20-23(12-16)31-22-10-7-18(13-24(22)32-28(20)35)27(34)30-15-19-4-2-3-5-21(19)29/h2-14,31,33H,15H2,1H3,(H,30,34)(H,32,35). The number of aromatic hydroxyl groups is 1. The highest BCUT2D eigenvalue weighted by Gasteiger charge is 2.21. The van der Waals surface area contributed by atoms with Crippen LogP contribution in [0.15, 0.2) is 78.9 Å². The van der Waals surface area contributed by atoms with E-state index in [1.807, 2.05) is 12.1 Å². The van der Waals surface area contributed by atoms with Crippen LogP contribution in [-0.2, 0) is 6.54 Å². The van der Waals surface area contributed by atoms with Gasteiger partial charge in [0.25, 0.3) is 11.8 Å². The lowest BCUT2D eigenvalue weighted by atomic mass is 10.0. The molecule has 0 aromatic heterocycles. The molecule has 0 atom stereocenters. The second kappa shape index (κ2) is 9.42. The number of methoxy groups -OCH3 is 1. The van der Waals surface area contributed by atoms with Gasteiger partial charge in [-0.3, -0.25) is 9.59 Å². The van der Waals surface area contributed by atoms with Gasteiger partial charge in [0.2, 0.25) is 0 Å². The average molecular weight is 483 g/mol. The number of carbonyl (C=O) groups excluding carboxylic acids is 2. The van der Waals surface area contributed by atoms with Crippen molar-refractivity contribution in [3.05, 3.63) is 101 Å². The van der Waals surface area contributed by atoms with E-state index in [0.29, 0.717) is 39.5 Å². The summed E-state index contributed by atoms with van der Waals surface area (Å²) >= 11 is 0. The van der Waals surface area contributed by atoms with E-state index < -0.39 is 0 Å². The number of amides is 2. The van der Waals surface area contributed by atoms with Gasteiger partial charge in [0.15, 0.2) is 11.5 Å². The van der Waals surface area contributed by atoms with Gasteiger partial charge in [0, 0.05) is 17.7 Å². The minimum Gasteiger partial charge on any atom is -0.504 e. The van der Waals surface area contributed by atoms with Crippen molar-refractivity contribution in [3.8, 4) is 22.6 Å². The minimum atomic E-state index is -0.390. The zero-order chi connectivity index (χ0) is 25.2. The maximum atomic E-state index is 13.9. The van der Waals surface area contributed by atoms with Crippen molar-refractivity contribution in [2.24, 2.45) is 0 Å². The number of hydrogen-bond donors (Lipinski definition) is 4. The lowest BCUT2D eigenvalue weighted by Crippen LogP contribution is -2.23. The third-order valence-corrected chi connectivity index (χ3v) is 5.97. The molecule has 8 heteroatoms. The molecule has 1 heterocycles. The molecule has 0 fully saturated rings. The van der Waals surface area contributed by atoms with Crippen molar-refractivity contribution >= 4 is 28.9 Å². The summed E-state index contributed by atoms with van der Waals surface area (Å²) in [5.41, 5.74) is 4.43. The Hall–Kier alpha value is -4.85. The Morgan fingerprint density at radius 1 is 0.917 bits per heavy atom. The second-order valence-corrected chi connectivity index (χ2v) is 8.26. The maximum Gasteiger partial charge on any atom is 0.257 e. The van der Waals surface area contributed by atoms with Gasteiger partial charge in [0.05, 0.1) is 29.7 Å². The molecule has 0 unspecified atom stereocenters. The van der Waals surface area contributed by atoms with E-state index in [9.17, 15) is 19.1 Å². The number of phenolic OH excluding ortho intramolecular Hbond substituents is 1. The van der Waals surface area contributed by atoms with Gasteiger partial charge < -0.3 is 25.8 Å². The highest BCUT2D eigenvalue weighted by molar-refractivity contribution is 6.13. The van der Waals surface area contributed by atoms with Gasteiger partial charge in [0.1, 0.15) is 5.82 Å². The quantitative estimate of drug-likeness (QED) is 0.303. The zero-order valence-electron chi connectivity index (χ0n) is 19.3. The van der Waals surface area contributed by atoms with Crippen LogP contribution in [0.5, 0.6) is 11.5 Å². The van der Waals surface area contributed by atoms with Crippen LogP contribution in [0, 0.1) is 5.82 Å². The largest absolute Gasteiger partial charge is 0.504 e. The van der Waals surface area contributed by atoms with Gasteiger partial charge >= 0.3 is 0 Å². The van der Waals surface area contributed by atoms with Crippen LogP contribution in [0.3, 0.4) is 0 Å². The van der Waals surface area contributed by atoms with Crippen molar-refractivity contribution in [1.82, 2.24) is 5.32 Å². The number of benzene rings is 4. The summed E-state index contributed by atoms with van der Waals surface area (Å²) in [4.78, 5) is 25.6. The number of hydrogen-bond acceptors (Lipinski definition) is 5. The third-order valence-electron chi connectivity index (χ3n) is 5.97. The van der Waals surface area contributed by atoms with E-state index >= 15 is 0 Å². The summed E-state index contributed by atoms with van der Waals surface area (Å²) in [6, 6.07) is 21.5. The first kappa shape index (κ1) is 22.9. The molecule has 0 spiro atoms. The van der Waals surface area contributed by atoms with Gasteiger partial charge in [-0.05, 0) is 59.7 Å². The maximum absolute atomic E-state index is 13.9. The normalized spacial score (nSPS) is 11.9. The van der Waals surface area contributed by atoms with Crippen LogP contribution in [0.2, 0.25) is 0 Å². The van der Waals surface area contributed by atoms with Crippen LogP contribution in [0.1, 0.15) is 26.3 Å². The molecule has 4 aromatic rings. The van der Waals surface area contributed by atoms with E-state index in [4.69, 9.17) is 4.74 Å². The van der Waals surface area contributed by atoms with Crippen LogP contribution in [0.4, 0.5) is 21.5 Å². The van der Waals surface area contributed by atoms with Gasteiger partial charge in [-0.25, -0.2) is 4.39 Å². The van der Waals surface area contributed by atoms with Crippen LogP contribution in [-0.4, -0.2) is 24.0 Å². The molecule has 1 aliphatic heterocycles. The summed E-state index contributed by atoms with van der Waals surface area (Å²) in [5.74, 6) is -0.717. The Labute approximate surface area is 206 Å². The molecule has 1 aliphatic rings. The Bertz CT molecular complexity index is 1500. The summed E-state index contributed by atoms with van der Waals surface area (Å²) in [7, 11) is 1.48. The number of ether oxygens (including phenoxy) is 1. The molecule has 4 aromatic carbocycles. The Balaban J connectivity index is 1.40. The predicted octanol–water partition coefficient (Wildman–Crippen LogP) is 5.45. The number of phenols is 1. The van der Waals surface area contributed by atoms with E-state index in [1.165, 1.54) is 13.2 Å². The molecule has 2 amide bonds.